The van der Waals surface area contributed by atoms with Gasteiger partial charge >= 0.3 is 24.4 Å². The summed E-state index contributed by atoms with van der Waals surface area (Å²) in [6.07, 6.45) is 35.1. The lowest BCUT2D eigenvalue weighted by atomic mass is 9.80. The fourth-order valence-corrected chi connectivity index (χ4v) is 13.3. The molecule has 0 saturated carbocycles. The van der Waals surface area contributed by atoms with Gasteiger partial charge in [0.05, 0.1) is 34.6 Å². The van der Waals surface area contributed by atoms with Crippen LogP contribution in [0.15, 0.2) is 269 Å². The lowest BCUT2D eigenvalue weighted by Crippen LogP contribution is -2.57. The van der Waals surface area contributed by atoms with Crippen LogP contribution in [0.2, 0.25) is 0 Å². The number of unbranched alkanes of at least 4 members (excludes halogenated alkanes) is 28. The number of alkyl carbamates (subject to hydrolysis) is 4. The third-order valence-electron chi connectivity index (χ3n) is 19.2. The highest BCUT2D eigenvalue weighted by Gasteiger charge is 2.44. The van der Waals surface area contributed by atoms with Crippen LogP contribution >= 0.6 is 0 Å². The van der Waals surface area contributed by atoms with E-state index in [1.165, 1.54) is 141 Å². The van der Waals surface area contributed by atoms with Crippen LogP contribution in [-0.2, 0) is 23.7 Å². The van der Waals surface area contributed by atoms with E-state index in [1.54, 1.807) is 30.3 Å². The number of ether oxygens (including phenoxy) is 4. The van der Waals surface area contributed by atoms with E-state index < -0.39 is 67.9 Å². The molecule has 2 aliphatic heterocycles. The summed E-state index contributed by atoms with van der Waals surface area (Å²) < 4.78 is 23.6. The highest BCUT2D eigenvalue weighted by atomic mass is 16.6. The molecule has 2 unspecified atom stereocenters. The van der Waals surface area contributed by atoms with Gasteiger partial charge < -0.3 is 50.6 Å². The predicted octanol–water partition coefficient (Wildman–Crippen LogP) is 20.6. The minimum Gasteiger partial charge on any atom is -0.506 e. The van der Waals surface area contributed by atoms with E-state index in [0.29, 0.717) is 46.3 Å². The van der Waals surface area contributed by atoms with E-state index in [9.17, 15) is 24.3 Å². The summed E-state index contributed by atoms with van der Waals surface area (Å²) in [4.78, 5) is 74.9. The summed E-state index contributed by atoms with van der Waals surface area (Å²) in [5.74, 6) is -0.936. The molecule has 4 aromatic rings. The first kappa shape index (κ1) is 92.8. The van der Waals surface area contributed by atoms with Crippen molar-refractivity contribution >= 4 is 79.9 Å². The summed E-state index contributed by atoms with van der Waals surface area (Å²) >= 11 is 0. The maximum absolute atomic E-state index is 15.4. The van der Waals surface area contributed by atoms with Gasteiger partial charge in [-0.15, -0.1) is 0 Å². The minimum absolute atomic E-state index is 0.0614. The zero-order chi connectivity index (χ0) is 85.0. The van der Waals surface area contributed by atoms with Gasteiger partial charge in [0.15, 0.2) is 11.3 Å². The number of amides is 4. The summed E-state index contributed by atoms with van der Waals surface area (Å²) in [6.45, 7) is 10.1. The molecule has 0 radical (unpaired) electrons. The van der Waals surface area contributed by atoms with Gasteiger partial charge in [-0.05, 0) is 209 Å². The van der Waals surface area contributed by atoms with Gasteiger partial charge in [0.25, 0.3) is 0 Å². The molecule has 3 aliphatic rings. The molecule has 0 aromatic heterocycles. The number of aliphatic hydroxyl groups excluding tert-OH is 1. The van der Waals surface area contributed by atoms with Crippen molar-refractivity contribution in [3.63, 3.8) is 0 Å². The van der Waals surface area contributed by atoms with Crippen LogP contribution in [0.4, 0.5) is 36.2 Å². The maximum atomic E-state index is 15.4. The fourth-order valence-electron chi connectivity index (χ4n) is 13.3. The van der Waals surface area contributed by atoms with E-state index in [4.69, 9.17) is 23.9 Å². The number of allylic oxidation sites excluding steroid dienone is 2. The number of carbonyl (C=O) groups is 5. The molecular formula is C102H102N8O10. The zero-order valence-electron chi connectivity index (χ0n) is 68.9. The van der Waals surface area contributed by atoms with Gasteiger partial charge in [-0.1, -0.05) is 254 Å². The number of aliphatic hydroxyl groups is 1. The second kappa shape index (κ2) is 56.0. The third-order valence-corrected chi connectivity index (χ3v) is 19.2. The van der Waals surface area contributed by atoms with Crippen LogP contribution in [-0.4, -0.2) is 86.1 Å². The summed E-state index contributed by atoms with van der Waals surface area (Å²) in [5.41, 5.74) is 73.7. The molecular weight excluding hydrogens is 1500 g/mol. The molecule has 0 bridgehead atoms. The Bertz CT molecular complexity index is 5840. The quantitative estimate of drug-likeness (QED) is 0.0117. The summed E-state index contributed by atoms with van der Waals surface area (Å²) in [5, 5.41) is 36.7. The minimum atomic E-state index is -1.72. The number of rotatable bonds is 43. The van der Waals surface area contributed by atoms with Crippen LogP contribution in [0.3, 0.4) is 0 Å². The van der Waals surface area contributed by atoms with Gasteiger partial charge in [-0.3, -0.25) is 15.4 Å². The smallest absolute Gasteiger partial charge is 0.411 e. The lowest BCUT2D eigenvalue weighted by Gasteiger charge is -2.41. The van der Waals surface area contributed by atoms with Gasteiger partial charge in [0.2, 0.25) is 5.78 Å². The van der Waals surface area contributed by atoms with Gasteiger partial charge in [0.1, 0.15) is 32.2 Å². The van der Waals surface area contributed by atoms with Crippen LogP contribution in [0.1, 0.15) is 212 Å². The number of hydrogen-bond acceptors (Lipinski definition) is 14. The van der Waals surface area contributed by atoms with Crippen molar-refractivity contribution in [1.82, 2.24) is 21.3 Å². The van der Waals surface area contributed by atoms with Crippen molar-refractivity contribution < 1.29 is 48.0 Å². The fraction of sp³-hybridized carbons (Fsp3) is 0.392. The molecule has 2 heterocycles. The average molecular weight is 1600 g/mol. The zero-order valence-corrected chi connectivity index (χ0v) is 68.9. The highest BCUT2D eigenvalue weighted by molar-refractivity contribution is 6.52. The summed E-state index contributed by atoms with van der Waals surface area (Å²) in [6, 6.07) is 17.9. The predicted molar refractivity (Wildman–Crippen MR) is 466 cm³/mol. The van der Waals surface area contributed by atoms with Crippen LogP contribution in [0, 0.1) is 0 Å². The van der Waals surface area contributed by atoms with E-state index in [-0.39, 0.29) is 33.0 Å². The molecule has 0 spiro atoms. The van der Waals surface area contributed by atoms with Gasteiger partial charge in [0, 0.05) is 46.0 Å². The number of carbonyl (C=O) groups excluding carboxylic acids is 5. The molecule has 7 rings (SSSR count). The lowest BCUT2D eigenvalue weighted by molar-refractivity contribution is -0.110. The molecule has 120 heavy (non-hydrogen) atoms. The first-order chi connectivity index (χ1) is 59.0. The number of nitrogens with one attached hydrogen (secondary N) is 7. The highest BCUT2D eigenvalue weighted by Crippen LogP contribution is 2.47. The molecule has 0 saturated heterocycles. The van der Waals surface area contributed by atoms with Crippen LogP contribution in [0.5, 0.6) is 0 Å². The second-order valence-electron chi connectivity index (χ2n) is 28.3. The molecule has 1 aliphatic carbocycles. The van der Waals surface area contributed by atoms with Crippen LogP contribution in [0.25, 0.3) is 32.7 Å². The topological polar surface area (TPSA) is 239 Å². The van der Waals surface area contributed by atoms with E-state index in [0.717, 1.165) is 69.2 Å². The Hall–Kier alpha value is -14.4. The maximum Gasteiger partial charge on any atom is 0.411 e. The molecule has 4 aromatic carbocycles. The van der Waals surface area contributed by atoms with Gasteiger partial charge in [-0.25, -0.2) is 24.2 Å². The van der Waals surface area contributed by atoms with Crippen molar-refractivity contribution in [3.05, 3.63) is 280 Å². The Balaban J connectivity index is 1.16. The molecule has 4 amide bonds. The molecule has 18 heteroatoms. The SMILES string of the molecule is C=C=C=C=C=C=C=C=C=C=C=C=C=C=C=C=CNC(=O)OCC1(COC(=O)NCCCCCCCCCCCCCCCCC)N=c2/c(=C3\C(=O)C(c4ccc5cccc6c5c4NC(COC(=O)NC=C=C=C=C=C=C=C=C=C=C=C=C=C=C=C=C)(COC(=O)NCCCCCCCCCCCCCCCCC)N6)=C3O)ccc3cccc(c23)N1. The van der Waals surface area contributed by atoms with Crippen molar-refractivity contribution in [3.8, 4) is 0 Å². The molecule has 610 valence electrons. The number of nitrogens with zero attached hydrogens (tertiary/aromatic N) is 1. The Kier molecular flexibility index (Phi) is 43.3. The van der Waals surface area contributed by atoms with Crippen molar-refractivity contribution in [2.75, 3.05) is 55.5 Å². The average Bonchev–Trinajstić information content (AvgIpc) is 0.713. The van der Waals surface area contributed by atoms with Gasteiger partial charge in [-0.2, -0.15) is 0 Å². The summed E-state index contributed by atoms with van der Waals surface area (Å²) in [7, 11) is 0. The normalized spacial score (nSPS) is 13.6. The Morgan fingerprint density at radius 2 is 0.750 bits per heavy atom. The Labute approximate surface area is 703 Å². The largest absolute Gasteiger partial charge is 0.506 e. The number of benzene rings is 4. The number of ketones is 1. The van der Waals surface area contributed by atoms with Crippen molar-refractivity contribution in [1.29, 1.82) is 0 Å². The standard InChI is InChI=1S/C102H102N8O10/c1-5-9-13-17-21-25-29-33-37-41-45-49-53-57-61-75-103-97(113)117-79-101(80-118-98(114)104-76-62-58-54-50-46-42-38-34-30-26-22-18-14-10-6-2)107-87-69-65-67-83-71-73-85(93(109-101)89(83)87)91-95(111)92(96(91)112)86-74-72-84-68-66-70-88-90(84)94(86)110-102(108-88,81-119-99(115)105-77-63-59-55-51-47-43-39-35-31-27-23-19-15-11-7-3)82-120-100(116)106-78-64-60-56-52-48-44-40-36-32-28-24-20-16-12-8-4/h65-75,77,107-109,111H,1,3,6,8,10,12,14,16,18,20,22,24,26,28,30,32,34,36,38,40,42,44,46,48,50,52,54,56,58,60,62,64,76,78-82H2,2,4H3,(H,103,113)(H,104,114)(H,105,115)(H,106,116)/b92-86-. The van der Waals surface area contributed by atoms with Crippen molar-refractivity contribution in [2.24, 2.45) is 4.99 Å². The first-order valence-electron chi connectivity index (χ1n) is 41.4. The third kappa shape index (κ3) is 33.8. The second-order valence-corrected chi connectivity index (χ2v) is 28.3. The molecule has 2 atom stereocenters. The monoisotopic (exact) mass is 1600 g/mol. The molecule has 8 N–H and O–H groups in total. The van der Waals surface area contributed by atoms with Crippen LogP contribution < -0.4 is 47.8 Å². The van der Waals surface area contributed by atoms with E-state index >= 15 is 4.79 Å². The molecule has 18 nitrogen and oxygen atoms in total. The number of anilines is 3. The van der Waals surface area contributed by atoms with E-state index in [1.807, 2.05) is 30.3 Å². The number of hydrogen-bond donors (Lipinski definition) is 8. The first-order valence-corrected chi connectivity index (χ1v) is 41.4. The molecule has 0 fully saturated rings. The Morgan fingerprint density at radius 3 is 1.16 bits per heavy atom. The van der Waals surface area contributed by atoms with Crippen molar-refractivity contribution in [2.45, 2.75) is 218 Å². The Morgan fingerprint density at radius 1 is 0.400 bits per heavy atom. The number of Topliss-reactive ketones (excluding diaryl/α,β-unsaturated/α-hetero) is 1. The van der Waals surface area contributed by atoms with E-state index in [2.05, 4.69) is 236 Å².